The zero-order valence-electron chi connectivity index (χ0n) is 27.2. The van der Waals surface area contributed by atoms with Gasteiger partial charge in [-0.1, -0.05) is 19.7 Å². The Kier molecular flexibility index (Phi) is 19.8. The van der Waals surface area contributed by atoms with Gasteiger partial charge in [-0.3, -0.25) is 9.59 Å². The fourth-order valence-corrected chi connectivity index (χ4v) is 3.90. The van der Waals surface area contributed by atoms with Gasteiger partial charge < -0.3 is 38.0 Å². The van der Waals surface area contributed by atoms with E-state index in [2.05, 4.69) is 19.7 Å². The number of hydrogen-bond donors (Lipinski definition) is 0. The van der Waals surface area contributed by atoms with Crippen LogP contribution in [0, 0.1) is 5.92 Å². The van der Waals surface area contributed by atoms with Gasteiger partial charge in [0.15, 0.2) is 0 Å². The largest absolute Gasteiger partial charge is 0.462 e. The summed E-state index contributed by atoms with van der Waals surface area (Å²) in [6.07, 6.45) is 0.865. The molecule has 1 saturated heterocycles. The van der Waals surface area contributed by atoms with E-state index in [-0.39, 0.29) is 63.4 Å². The Balaban J connectivity index is 2.65. The number of rotatable bonds is 23. The highest BCUT2D eigenvalue weighted by atomic mass is 16.7. The van der Waals surface area contributed by atoms with Crippen LogP contribution < -0.4 is 0 Å². The van der Waals surface area contributed by atoms with Crippen LogP contribution in [0.1, 0.15) is 78.6 Å². The molecule has 0 bridgehead atoms. The molecule has 1 aliphatic rings. The predicted octanol–water partition coefficient (Wildman–Crippen LogP) is 3.87. The van der Waals surface area contributed by atoms with Crippen LogP contribution in [0.25, 0.3) is 0 Å². The van der Waals surface area contributed by atoms with Gasteiger partial charge in [0.2, 0.25) is 6.29 Å². The minimum absolute atomic E-state index is 0.00844. The number of aldehydes is 1. The van der Waals surface area contributed by atoms with Crippen molar-refractivity contribution < 1.29 is 61.9 Å². The molecule has 1 aliphatic heterocycles. The number of hydrogen-bond acceptors (Lipinski definition) is 13. The van der Waals surface area contributed by atoms with Gasteiger partial charge in [-0.25, -0.2) is 14.4 Å². The molecule has 1 fully saturated rings. The van der Waals surface area contributed by atoms with Crippen LogP contribution in [-0.4, -0.2) is 87.7 Å². The second-order valence-corrected chi connectivity index (χ2v) is 11.1. The molecule has 258 valence electrons. The standard InChI is InChI=1S/C33H48O13/c1-22(2)31(37)40-15-9-7-13-28(35)45-26-18-30(46-29(36)14-8-10-16-41-32(38)23(3)4)44-21-27(26)43-20-25(19-34)12-11-17-42-33(39)24(5)6/h19,25-27,30H,1,3,5,7-18,20-21H2,2,4,6H3/t25?,26-,27+,30?/m0/s1. The number of carbonyl (C=O) groups excluding carboxylic acids is 6. The molecule has 0 aliphatic carbocycles. The van der Waals surface area contributed by atoms with Crippen molar-refractivity contribution in [2.45, 2.75) is 97.1 Å². The van der Waals surface area contributed by atoms with Crippen molar-refractivity contribution in [2.75, 3.05) is 33.0 Å². The van der Waals surface area contributed by atoms with Crippen LogP contribution >= 0.6 is 0 Å². The molecule has 0 radical (unpaired) electrons. The normalized spacial score (nSPS) is 17.9. The summed E-state index contributed by atoms with van der Waals surface area (Å²) < 4.78 is 37.8. The van der Waals surface area contributed by atoms with Gasteiger partial charge in [0.1, 0.15) is 18.5 Å². The van der Waals surface area contributed by atoms with Gasteiger partial charge in [0, 0.05) is 41.9 Å². The smallest absolute Gasteiger partial charge is 0.333 e. The third-order valence-corrected chi connectivity index (χ3v) is 6.56. The molecule has 0 spiro atoms. The van der Waals surface area contributed by atoms with E-state index in [9.17, 15) is 28.8 Å². The second kappa shape index (κ2) is 22.6. The van der Waals surface area contributed by atoms with Crippen LogP contribution in [0.3, 0.4) is 0 Å². The highest BCUT2D eigenvalue weighted by Crippen LogP contribution is 2.23. The van der Waals surface area contributed by atoms with Crippen molar-refractivity contribution in [1.82, 2.24) is 0 Å². The molecule has 13 heteroatoms. The number of unbranched alkanes of at least 4 members (excludes halogenated alkanes) is 2. The summed E-state index contributed by atoms with van der Waals surface area (Å²) in [7, 11) is 0. The summed E-state index contributed by atoms with van der Waals surface area (Å²) in [5.74, 6) is -3.06. The topological polar surface area (TPSA) is 167 Å². The predicted molar refractivity (Wildman–Crippen MR) is 164 cm³/mol. The molecule has 0 aromatic carbocycles. The average molecular weight is 653 g/mol. The average Bonchev–Trinajstić information content (AvgIpc) is 3.00. The van der Waals surface area contributed by atoms with E-state index in [1.807, 2.05) is 0 Å². The van der Waals surface area contributed by atoms with E-state index in [4.69, 9.17) is 33.2 Å². The van der Waals surface area contributed by atoms with Gasteiger partial charge in [0.05, 0.1) is 33.0 Å². The Morgan fingerprint density at radius 1 is 0.717 bits per heavy atom. The lowest BCUT2D eigenvalue weighted by Crippen LogP contribution is -2.47. The van der Waals surface area contributed by atoms with Crippen molar-refractivity contribution in [3.8, 4) is 0 Å². The molecular weight excluding hydrogens is 604 g/mol. The van der Waals surface area contributed by atoms with E-state index in [0.29, 0.717) is 44.1 Å². The Labute approximate surface area is 270 Å². The molecule has 0 aromatic rings. The molecule has 1 heterocycles. The highest BCUT2D eigenvalue weighted by molar-refractivity contribution is 5.87. The molecule has 0 saturated carbocycles. The lowest BCUT2D eigenvalue weighted by Gasteiger charge is -2.35. The lowest BCUT2D eigenvalue weighted by molar-refractivity contribution is -0.232. The molecule has 0 aromatic heterocycles. The van der Waals surface area contributed by atoms with Crippen molar-refractivity contribution in [3.63, 3.8) is 0 Å². The molecule has 13 nitrogen and oxygen atoms in total. The fraction of sp³-hybridized carbons (Fsp3) is 0.636. The van der Waals surface area contributed by atoms with Crippen molar-refractivity contribution in [2.24, 2.45) is 5.92 Å². The van der Waals surface area contributed by atoms with Gasteiger partial charge in [-0.15, -0.1) is 0 Å². The van der Waals surface area contributed by atoms with E-state index in [1.165, 1.54) is 0 Å². The van der Waals surface area contributed by atoms with Crippen LogP contribution in [0.4, 0.5) is 0 Å². The number of esters is 5. The van der Waals surface area contributed by atoms with Crippen molar-refractivity contribution >= 4 is 36.1 Å². The molecule has 4 atom stereocenters. The first-order valence-electron chi connectivity index (χ1n) is 15.4. The minimum Gasteiger partial charge on any atom is -0.462 e. The van der Waals surface area contributed by atoms with Crippen LogP contribution in [0.15, 0.2) is 36.5 Å². The maximum atomic E-state index is 12.7. The fourth-order valence-electron chi connectivity index (χ4n) is 3.90. The zero-order valence-corrected chi connectivity index (χ0v) is 27.2. The molecular formula is C33H48O13. The summed E-state index contributed by atoms with van der Waals surface area (Å²) in [6.45, 7) is 15.5. The Bertz CT molecular complexity index is 1080. The first-order valence-corrected chi connectivity index (χ1v) is 15.4. The Hall–Kier alpha value is -3.84. The summed E-state index contributed by atoms with van der Waals surface area (Å²) in [4.78, 5) is 71.2. The molecule has 2 unspecified atom stereocenters. The van der Waals surface area contributed by atoms with Gasteiger partial charge >= 0.3 is 29.8 Å². The number of ether oxygens (including phenoxy) is 7. The number of carbonyl (C=O) groups is 6. The SMILES string of the molecule is C=C(C)C(=O)OCCCCC(=O)OC1C[C@H](OC(=O)CCCCOC(=O)C(=C)C)[C@H](OCC(C=O)CCCOC(=O)C(=C)C)CO1. The summed E-state index contributed by atoms with van der Waals surface area (Å²) in [6, 6.07) is 0. The molecule has 0 N–H and O–H groups in total. The van der Waals surface area contributed by atoms with Crippen LogP contribution in [-0.2, 0) is 61.9 Å². The van der Waals surface area contributed by atoms with E-state index in [1.54, 1.807) is 20.8 Å². The third kappa shape index (κ3) is 17.6. The van der Waals surface area contributed by atoms with E-state index >= 15 is 0 Å². The minimum atomic E-state index is -0.988. The van der Waals surface area contributed by atoms with E-state index < -0.39 is 54.3 Å². The van der Waals surface area contributed by atoms with Gasteiger partial charge in [0.25, 0.3) is 0 Å². The summed E-state index contributed by atoms with van der Waals surface area (Å²) in [5.41, 5.74) is 0.857. The maximum Gasteiger partial charge on any atom is 0.333 e. The molecule has 0 amide bonds. The highest BCUT2D eigenvalue weighted by Gasteiger charge is 2.37. The van der Waals surface area contributed by atoms with Crippen molar-refractivity contribution in [1.29, 1.82) is 0 Å². The summed E-state index contributed by atoms with van der Waals surface area (Å²) >= 11 is 0. The monoisotopic (exact) mass is 652 g/mol. The van der Waals surface area contributed by atoms with Crippen LogP contribution in [0.5, 0.6) is 0 Å². The molecule has 1 rings (SSSR count). The first kappa shape index (κ1) is 40.2. The summed E-state index contributed by atoms with van der Waals surface area (Å²) in [5, 5.41) is 0. The lowest BCUT2D eigenvalue weighted by atomic mass is 10.1. The Morgan fingerprint density at radius 2 is 1.20 bits per heavy atom. The quantitative estimate of drug-likeness (QED) is 0.0514. The second-order valence-electron chi connectivity index (χ2n) is 11.1. The zero-order chi connectivity index (χ0) is 34.5. The first-order chi connectivity index (χ1) is 21.8. The maximum absolute atomic E-state index is 12.7. The molecule has 46 heavy (non-hydrogen) atoms. The van der Waals surface area contributed by atoms with E-state index in [0.717, 1.165) is 6.29 Å². The van der Waals surface area contributed by atoms with Crippen molar-refractivity contribution in [3.05, 3.63) is 36.5 Å². The van der Waals surface area contributed by atoms with Gasteiger partial charge in [-0.2, -0.15) is 0 Å². The Morgan fingerprint density at radius 3 is 1.67 bits per heavy atom. The van der Waals surface area contributed by atoms with Gasteiger partial charge in [-0.05, 0) is 59.3 Å². The third-order valence-electron chi connectivity index (χ3n) is 6.56. The van der Waals surface area contributed by atoms with Crippen LogP contribution in [0.2, 0.25) is 0 Å².